The molecule has 0 bridgehead atoms. The Labute approximate surface area is 107 Å². The van der Waals surface area contributed by atoms with E-state index in [-0.39, 0.29) is 0 Å². The normalized spacial score (nSPS) is 17.3. The summed E-state index contributed by atoms with van der Waals surface area (Å²) in [5.74, 6) is 2.18. The maximum absolute atomic E-state index is 5.99. The lowest BCUT2D eigenvalue weighted by Gasteiger charge is -2.14. The van der Waals surface area contributed by atoms with Crippen molar-refractivity contribution in [2.75, 3.05) is 13.6 Å². The number of nitrogens with zero attached hydrogens (tertiary/aromatic N) is 1. The van der Waals surface area contributed by atoms with Crippen LogP contribution in [0.15, 0.2) is 42.6 Å². The first-order valence-electron chi connectivity index (χ1n) is 6.24. The summed E-state index contributed by atoms with van der Waals surface area (Å²) in [4.78, 5) is 4.50. The molecule has 3 heteroatoms. The van der Waals surface area contributed by atoms with Crippen LogP contribution < -0.4 is 10.1 Å². The maximum atomic E-state index is 5.99. The van der Waals surface area contributed by atoms with E-state index in [1.807, 2.05) is 37.5 Å². The van der Waals surface area contributed by atoms with E-state index in [0.29, 0.717) is 5.92 Å². The average molecular weight is 240 g/mol. The fraction of sp³-hybridized carbons (Fsp3) is 0.267. The molecule has 1 unspecified atom stereocenters. The summed E-state index contributed by atoms with van der Waals surface area (Å²) in [5.41, 5.74) is 2.29. The lowest BCUT2D eigenvalue weighted by Crippen LogP contribution is -2.19. The van der Waals surface area contributed by atoms with E-state index >= 15 is 0 Å². The first-order chi connectivity index (χ1) is 8.88. The highest BCUT2D eigenvalue weighted by Gasteiger charge is 2.23. The van der Waals surface area contributed by atoms with Gasteiger partial charge in [-0.15, -0.1) is 0 Å². The Bertz CT molecular complexity index is 554. The second-order valence-corrected chi connectivity index (χ2v) is 4.56. The molecule has 0 saturated carbocycles. The van der Waals surface area contributed by atoms with Crippen LogP contribution in [0.3, 0.4) is 0 Å². The monoisotopic (exact) mass is 240 g/mol. The third-order valence-electron chi connectivity index (χ3n) is 3.30. The molecule has 3 nitrogen and oxygen atoms in total. The summed E-state index contributed by atoms with van der Waals surface area (Å²) in [5, 5.41) is 3.24. The van der Waals surface area contributed by atoms with Gasteiger partial charge in [-0.2, -0.15) is 0 Å². The fourth-order valence-corrected chi connectivity index (χ4v) is 2.46. The number of ether oxygens (including phenoxy) is 1. The number of benzene rings is 1. The van der Waals surface area contributed by atoms with Gasteiger partial charge in [-0.1, -0.05) is 18.2 Å². The molecule has 1 N–H and O–H groups in total. The zero-order chi connectivity index (χ0) is 12.4. The zero-order valence-corrected chi connectivity index (χ0v) is 10.4. The van der Waals surface area contributed by atoms with Crippen LogP contribution in [0.4, 0.5) is 0 Å². The van der Waals surface area contributed by atoms with Gasteiger partial charge in [0.15, 0.2) is 0 Å². The minimum absolute atomic E-state index is 0.356. The van der Waals surface area contributed by atoms with E-state index < -0.39 is 0 Å². The van der Waals surface area contributed by atoms with Crippen molar-refractivity contribution in [1.29, 1.82) is 0 Å². The summed E-state index contributed by atoms with van der Waals surface area (Å²) in [6, 6.07) is 12.1. The van der Waals surface area contributed by atoms with Crippen molar-refractivity contribution >= 4 is 0 Å². The number of nitrogens with one attached hydrogen (secondary N) is 1. The zero-order valence-electron chi connectivity index (χ0n) is 10.4. The van der Waals surface area contributed by atoms with Gasteiger partial charge in [0.2, 0.25) is 0 Å². The number of likely N-dealkylation sites (N-methyl/N-ethyl adjacent to an activating group) is 1. The largest absolute Gasteiger partial charge is 0.455 e. The summed E-state index contributed by atoms with van der Waals surface area (Å²) in [6.07, 6.45) is 2.79. The Kier molecular flexibility index (Phi) is 2.99. The molecule has 1 aliphatic rings. The van der Waals surface area contributed by atoms with Gasteiger partial charge in [0.25, 0.3) is 0 Å². The summed E-state index contributed by atoms with van der Waals surface area (Å²) in [6.45, 7) is 0.904. The first kappa shape index (κ1) is 11.2. The lowest BCUT2D eigenvalue weighted by atomic mass is 9.95. The number of rotatable bonds is 2. The highest BCUT2D eigenvalue weighted by molar-refractivity contribution is 5.44. The van der Waals surface area contributed by atoms with Crippen molar-refractivity contribution in [3.8, 4) is 11.5 Å². The van der Waals surface area contributed by atoms with Gasteiger partial charge in [0, 0.05) is 18.7 Å². The number of pyridine rings is 1. The van der Waals surface area contributed by atoms with Crippen LogP contribution in [0.1, 0.15) is 17.2 Å². The van der Waals surface area contributed by atoms with Crippen molar-refractivity contribution in [2.24, 2.45) is 0 Å². The number of fused-ring (bicyclic) bond motifs is 2. The molecular formula is C15H16N2O. The molecule has 92 valence electrons. The van der Waals surface area contributed by atoms with Crippen molar-refractivity contribution < 1.29 is 4.74 Å². The molecule has 18 heavy (non-hydrogen) atoms. The van der Waals surface area contributed by atoms with Crippen LogP contribution in [0.25, 0.3) is 0 Å². The molecule has 0 fully saturated rings. The van der Waals surface area contributed by atoms with E-state index in [0.717, 1.165) is 30.2 Å². The quantitative estimate of drug-likeness (QED) is 0.876. The van der Waals surface area contributed by atoms with Crippen LogP contribution in [0, 0.1) is 0 Å². The van der Waals surface area contributed by atoms with Gasteiger partial charge in [-0.3, -0.25) is 4.98 Å². The first-order valence-corrected chi connectivity index (χ1v) is 6.24. The van der Waals surface area contributed by atoms with Crippen LogP contribution in [0.2, 0.25) is 0 Å². The van der Waals surface area contributed by atoms with Crippen molar-refractivity contribution in [2.45, 2.75) is 12.3 Å². The topological polar surface area (TPSA) is 34.1 Å². The number of para-hydroxylation sites is 1. The summed E-state index contributed by atoms with van der Waals surface area (Å²) in [7, 11) is 1.97. The third-order valence-corrected chi connectivity index (χ3v) is 3.30. The molecule has 0 saturated heterocycles. The van der Waals surface area contributed by atoms with Crippen LogP contribution in [-0.2, 0) is 6.42 Å². The Hall–Kier alpha value is -1.87. The minimum atomic E-state index is 0.356. The molecule has 0 amide bonds. The predicted molar refractivity (Wildman–Crippen MR) is 71.1 cm³/mol. The number of aromatic nitrogens is 1. The third kappa shape index (κ3) is 1.97. The van der Waals surface area contributed by atoms with Crippen molar-refractivity contribution in [3.05, 3.63) is 53.9 Å². The molecule has 0 radical (unpaired) electrons. The van der Waals surface area contributed by atoms with E-state index in [9.17, 15) is 0 Å². The maximum Gasteiger partial charge on any atom is 0.149 e. The van der Waals surface area contributed by atoms with E-state index in [2.05, 4.69) is 22.4 Å². The second-order valence-electron chi connectivity index (χ2n) is 4.56. The van der Waals surface area contributed by atoms with Gasteiger partial charge in [-0.05, 0) is 37.2 Å². The average Bonchev–Trinajstić information content (AvgIpc) is 2.56. The Morgan fingerprint density at radius 3 is 2.94 bits per heavy atom. The highest BCUT2D eigenvalue weighted by atomic mass is 16.5. The molecule has 3 rings (SSSR count). The number of hydrogen-bond donors (Lipinski definition) is 1. The van der Waals surface area contributed by atoms with Gasteiger partial charge in [-0.25, -0.2) is 0 Å². The van der Waals surface area contributed by atoms with Crippen LogP contribution >= 0.6 is 0 Å². The smallest absolute Gasteiger partial charge is 0.149 e. The van der Waals surface area contributed by atoms with E-state index in [1.54, 1.807) is 0 Å². The van der Waals surface area contributed by atoms with E-state index in [1.165, 1.54) is 5.56 Å². The predicted octanol–water partition coefficient (Wildman–Crippen LogP) is 2.73. The van der Waals surface area contributed by atoms with Crippen LogP contribution in [-0.4, -0.2) is 18.6 Å². The molecule has 1 aromatic carbocycles. The van der Waals surface area contributed by atoms with Crippen molar-refractivity contribution in [1.82, 2.24) is 10.3 Å². The standard InChI is InChI=1S/C15H16N2O/c1-16-10-12-9-11-5-2-3-6-13(11)18-14-7-4-8-17-15(12)14/h2-8,12,16H,9-10H2,1H3. The Morgan fingerprint density at radius 2 is 2.06 bits per heavy atom. The SMILES string of the molecule is CNCC1Cc2ccccc2Oc2cccnc21. The van der Waals surface area contributed by atoms with Gasteiger partial charge in [0.05, 0.1) is 5.69 Å². The van der Waals surface area contributed by atoms with E-state index in [4.69, 9.17) is 4.74 Å². The summed E-state index contributed by atoms with van der Waals surface area (Å²) >= 11 is 0. The Balaban J connectivity index is 2.08. The molecule has 0 aliphatic carbocycles. The molecule has 2 heterocycles. The molecule has 1 atom stereocenters. The molecular weight excluding hydrogens is 224 g/mol. The Morgan fingerprint density at radius 1 is 1.22 bits per heavy atom. The fourth-order valence-electron chi connectivity index (χ4n) is 2.46. The molecule has 1 aromatic heterocycles. The molecule has 0 spiro atoms. The van der Waals surface area contributed by atoms with Gasteiger partial charge < -0.3 is 10.1 Å². The lowest BCUT2D eigenvalue weighted by molar-refractivity contribution is 0.474. The second kappa shape index (κ2) is 4.78. The van der Waals surface area contributed by atoms with Crippen LogP contribution in [0.5, 0.6) is 11.5 Å². The number of hydrogen-bond acceptors (Lipinski definition) is 3. The minimum Gasteiger partial charge on any atom is -0.455 e. The van der Waals surface area contributed by atoms with Gasteiger partial charge >= 0.3 is 0 Å². The van der Waals surface area contributed by atoms with Crippen molar-refractivity contribution in [3.63, 3.8) is 0 Å². The van der Waals surface area contributed by atoms with Gasteiger partial charge in [0.1, 0.15) is 11.5 Å². The molecule has 2 aromatic rings. The summed E-state index contributed by atoms with van der Waals surface area (Å²) < 4.78 is 5.99. The highest BCUT2D eigenvalue weighted by Crippen LogP contribution is 2.37. The molecule has 1 aliphatic heterocycles.